The molecule has 3 N–H and O–H groups in total. The summed E-state index contributed by atoms with van der Waals surface area (Å²) in [5, 5.41) is 2.82. The van der Waals surface area contributed by atoms with Crippen molar-refractivity contribution in [2.75, 3.05) is 12.3 Å². The third kappa shape index (κ3) is 5.37. The van der Waals surface area contributed by atoms with E-state index in [0.29, 0.717) is 23.6 Å². The van der Waals surface area contributed by atoms with Gasteiger partial charge in [0.1, 0.15) is 11.9 Å². The molecule has 23 heavy (non-hydrogen) atoms. The predicted octanol–water partition coefficient (Wildman–Crippen LogP) is 3.18. The molecule has 2 aromatic carbocycles. The maximum Gasteiger partial charge on any atom is 0.241 e. The smallest absolute Gasteiger partial charge is 0.241 e. The number of rotatable bonds is 7. The van der Waals surface area contributed by atoms with Gasteiger partial charge in [0.05, 0.1) is 0 Å². The molecule has 0 saturated carbocycles. The summed E-state index contributed by atoms with van der Waals surface area (Å²) in [6.07, 6.45) is 0. The second-order valence-electron chi connectivity index (χ2n) is 5.32. The third-order valence-electron chi connectivity index (χ3n) is 3.48. The molecule has 0 aliphatic heterocycles. The van der Waals surface area contributed by atoms with E-state index in [-0.39, 0.29) is 11.7 Å². The molecular weight excluding hydrogens is 311 g/mol. The van der Waals surface area contributed by atoms with Crippen LogP contribution in [0.1, 0.15) is 22.7 Å². The summed E-state index contributed by atoms with van der Waals surface area (Å²) in [6, 6.07) is 13.7. The Bertz CT molecular complexity index is 646. The molecule has 1 amide bonds. The normalized spacial score (nSPS) is 12.0. The first-order valence-electron chi connectivity index (χ1n) is 7.49. The van der Waals surface area contributed by atoms with Gasteiger partial charge >= 0.3 is 0 Å². The van der Waals surface area contributed by atoms with Gasteiger partial charge in [0.2, 0.25) is 5.91 Å². The highest BCUT2D eigenvalue weighted by molar-refractivity contribution is 7.98. The van der Waals surface area contributed by atoms with Gasteiger partial charge in [-0.15, -0.1) is 0 Å². The second-order valence-corrected chi connectivity index (χ2v) is 6.43. The van der Waals surface area contributed by atoms with Crippen LogP contribution < -0.4 is 11.1 Å². The molecular formula is C18H21FN2OS. The Morgan fingerprint density at radius 1 is 1.22 bits per heavy atom. The van der Waals surface area contributed by atoms with Crippen molar-refractivity contribution in [3.8, 4) is 0 Å². The van der Waals surface area contributed by atoms with Crippen molar-refractivity contribution in [1.82, 2.24) is 5.32 Å². The molecule has 2 aromatic rings. The van der Waals surface area contributed by atoms with E-state index in [1.165, 1.54) is 6.07 Å². The summed E-state index contributed by atoms with van der Waals surface area (Å²) >= 11 is 1.58. The maximum atomic E-state index is 13.4. The van der Waals surface area contributed by atoms with Crippen molar-refractivity contribution in [1.29, 1.82) is 0 Å². The molecule has 5 heteroatoms. The fourth-order valence-corrected chi connectivity index (χ4v) is 2.92. The van der Waals surface area contributed by atoms with Crippen LogP contribution in [0.3, 0.4) is 0 Å². The summed E-state index contributed by atoms with van der Waals surface area (Å²) in [7, 11) is 0. The Kier molecular flexibility index (Phi) is 6.62. The van der Waals surface area contributed by atoms with Crippen LogP contribution >= 0.6 is 11.8 Å². The molecule has 0 aliphatic rings. The van der Waals surface area contributed by atoms with Gasteiger partial charge in [-0.1, -0.05) is 48.0 Å². The molecule has 0 fully saturated rings. The lowest BCUT2D eigenvalue weighted by Gasteiger charge is -2.13. The Morgan fingerprint density at radius 3 is 2.61 bits per heavy atom. The topological polar surface area (TPSA) is 55.1 Å². The van der Waals surface area contributed by atoms with Crippen LogP contribution in [0.2, 0.25) is 0 Å². The minimum absolute atomic E-state index is 0.189. The number of amides is 1. The van der Waals surface area contributed by atoms with Gasteiger partial charge < -0.3 is 11.1 Å². The quantitative estimate of drug-likeness (QED) is 0.766. The predicted molar refractivity (Wildman–Crippen MR) is 93.7 cm³/mol. The standard InChI is InChI=1S/C18H21FN2OS/c1-13-6-8-14(9-7-13)17(20)18(22)21-10-11-23-12-15-4-2-3-5-16(15)19/h2-9,17H,10-12,20H2,1H3,(H,21,22). The van der Waals surface area contributed by atoms with Crippen molar-refractivity contribution >= 4 is 17.7 Å². The average Bonchev–Trinajstić information content (AvgIpc) is 2.56. The molecule has 0 aliphatic carbocycles. The number of hydrogen-bond acceptors (Lipinski definition) is 3. The zero-order chi connectivity index (χ0) is 16.7. The van der Waals surface area contributed by atoms with Crippen molar-refractivity contribution < 1.29 is 9.18 Å². The van der Waals surface area contributed by atoms with Gasteiger partial charge in [0.25, 0.3) is 0 Å². The number of carbonyl (C=O) groups is 1. The molecule has 122 valence electrons. The number of benzene rings is 2. The largest absolute Gasteiger partial charge is 0.354 e. The van der Waals surface area contributed by atoms with E-state index in [1.807, 2.05) is 37.3 Å². The summed E-state index contributed by atoms with van der Waals surface area (Å²) in [6.45, 7) is 2.50. The molecule has 3 nitrogen and oxygen atoms in total. The number of aryl methyl sites for hydroxylation is 1. The fourth-order valence-electron chi connectivity index (χ4n) is 2.08. The lowest BCUT2D eigenvalue weighted by atomic mass is 10.1. The van der Waals surface area contributed by atoms with E-state index in [2.05, 4.69) is 5.32 Å². The van der Waals surface area contributed by atoms with E-state index in [0.717, 1.165) is 11.1 Å². The van der Waals surface area contributed by atoms with Gasteiger partial charge in [0.15, 0.2) is 0 Å². The summed E-state index contributed by atoms with van der Waals surface area (Å²) in [4.78, 5) is 12.0. The number of hydrogen-bond donors (Lipinski definition) is 2. The number of nitrogens with one attached hydrogen (secondary N) is 1. The van der Waals surface area contributed by atoms with Gasteiger partial charge in [-0.2, -0.15) is 11.8 Å². The van der Waals surface area contributed by atoms with Crippen LogP contribution in [0.4, 0.5) is 4.39 Å². The summed E-state index contributed by atoms with van der Waals surface area (Å²) < 4.78 is 13.4. The van der Waals surface area contributed by atoms with Crippen LogP contribution in [0, 0.1) is 12.7 Å². The number of carbonyl (C=O) groups excluding carboxylic acids is 1. The first kappa shape index (κ1) is 17.5. The molecule has 1 atom stereocenters. The van der Waals surface area contributed by atoms with Gasteiger partial charge in [-0.05, 0) is 24.1 Å². The monoisotopic (exact) mass is 332 g/mol. The molecule has 0 heterocycles. The van der Waals surface area contributed by atoms with Crippen molar-refractivity contribution in [3.05, 3.63) is 71.0 Å². The second kappa shape index (κ2) is 8.70. The zero-order valence-corrected chi connectivity index (χ0v) is 13.9. The molecule has 0 radical (unpaired) electrons. The highest BCUT2D eigenvalue weighted by Crippen LogP contribution is 2.15. The first-order chi connectivity index (χ1) is 11.1. The molecule has 0 aromatic heterocycles. The third-order valence-corrected chi connectivity index (χ3v) is 4.49. The molecule has 1 unspecified atom stereocenters. The zero-order valence-electron chi connectivity index (χ0n) is 13.1. The van der Waals surface area contributed by atoms with Gasteiger partial charge in [0, 0.05) is 18.1 Å². The lowest BCUT2D eigenvalue weighted by Crippen LogP contribution is -2.35. The molecule has 0 spiro atoms. The first-order valence-corrected chi connectivity index (χ1v) is 8.64. The van der Waals surface area contributed by atoms with E-state index in [4.69, 9.17) is 5.73 Å². The van der Waals surface area contributed by atoms with Crippen LogP contribution in [0.15, 0.2) is 48.5 Å². The Balaban J connectivity index is 1.70. The number of thioether (sulfide) groups is 1. The van der Waals surface area contributed by atoms with Crippen molar-refractivity contribution in [3.63, 3.8) is 0 Å². The van der Waals surface area contributed by atoms with Crippen LogP contribution in [-0.4, -0.2) is 18.2 Å². The minimum Gasteiger partial charge on any atom is -0.354 e. The molecule has 2 rings (SSSR count). The van der Waals surface area contributed by atoms with E-state index in [1.54, 1.807) is 23.9 Å². The highest BCUT2D eigenvalue weighted by Gasteiger charge is 2.14. The molecule has 0 saturated heterocycles. The van der Waals surface area contributed by atoms with E-state index >= 15 is 0 Å². The Hall–Kier alpha value is -1.85. The number of halogens is 1. The van der Waals surface area contributed by atoms with Crippen molar-refractivity contribution in [2.45, 2.75) is 18.7 Å². The van der Waals surface area contributed by atoms with Gasteiger partial charge in [-0.3, -0.25) is 4.79 Å². The average molecular weight is 332 g/mol. The van der Waals surface area contributed by atoms with Crippen molar-refractivity contribution in [2.24, 2.45) is 5.73 Å². The Morgan fingerprint density at radius 2 is 1.91 bits per heavy atom. The van der Waals surface area contributed by atoms with Gasteiger partial charge in [-0.25, -0.2) is 4.39 Å². The van der Waals surface area contributed by atoms with E-state index < -0.39 is 6.04 Å². The summed E-state index contributed by atoms with van der Waals surface area (Å²) in [5.41, 5.74) is 8.56. The number of nitrogens with two attached hydrogens (primary N) is 1. The Labute approximate surface area is 140 Å². The minimum atomic E-state index is -0.660. The van der Waals surface area contributed by atoms with Crippen LogP contribution in [0.25, 0.3) is 0 Å². The fraction of sp³-hybridized carbons (Fsp3) is 0.278. The molecule has 0 bridgehead atoms. The lowest BCUT2D eigenvalue weighted by molar-refractivity contribution is -0.122. The van der Waals surface area contributed by atoms with E-state index in [9.17, 15) is 9.18 Å². The van der Waals surface area contributed by atoms with Crippen LogP contribution in [-0.2, 0) is 10.5 Å². The SMILES string of the molecule is Cc1ccc(C(N)C(=O)NCCSCc2ccccc2F)cc1. The maximum absolute atomic E-state index is 13.4. The summed E-state index contributed by atoms with van der Waals surface area (Å²) in [5.74, 6) is 0.915. The highest BCUT2D eigenvalue weighted by atomic mass is 32.2. The van der Waals surface area contributed by atoms with Crippen LogP contribution in [0.5, 0.6) is 0 Å².